The first kappa shape index (κ1) is 16.4. The maximum absolute atomic E-state index is 12.7. The van der Waals surface area contributed by atoms with E-state index in [4.69, 9.17) is 16.9 Å². The quantitative estimate of drug-likeness (QED) is 0.629. The summed E-state index contributed by atoms with van der Waals surface area (Å²) in [7, 11) is 0. The van der Waals surface area contributed by atoms with Gasteiger partial charge in [0.15, 0.2) is 5.75 Å². The molecule has 0 bridgehead atoms. The van der Waals surface area contributed by atoms with Gasteiger partial charge in [-0.1, -0.05) is 0 Å². The molecule has 0 atom stereocenters. The summed E-state index contributed by atoms with van der Waals surface area (Å²) < 4.78 is 78.0. The maximum atomic E-state index is 12.7. The Morgan fingerprint density at radius 2 is 1.80 bits per heavy atom. The highest BCUT2D eigenvalue weighted by molar-refractivity contribution is 6.17. The largest absolute Gasteiger partial charge is 0.573 e. The van der Waals surface area contributed by atoms with Gasteiger partial charge in [-0.2, -0.15) is 18.4 Å². The maximum Gasteiger partial charge on any atom is 0.573 e. The third-order valence-corrected chi connectivity index (χ3v) is 2.41. The molecule has 10 heteroatoms. The number of hydrogen-bond acceptors (Lipinski definition) is 3. The van der Waals surface area contributed by atoms with E-state index in [-0.39, 0.29) is 6.20 Å². The molecule has 1 rings (SSSR count). The number of rotatable bonds is 3. The summed E-state index contributed by atoms with van der Waals surface area (Å²) in [4.78, 5) is 2.90. The van der Waals surface area contributed by atoms with Crippen LogP contribution < -0.4 is 4.74 Å². The number of nitrogens with zero attached hydrogens (tertiary/aromatic N) is 2. The molecule has 0 aliphatic heterocycles. The zero-order valence-electron chi connectivity index (χ0n) is 9.44. The zero-order chi connectivity index (χ0) is 15.6. The van der Waals surface area contributed by atoms with Gasteiger partial charge in [-0.15, -0.1) is 24.8 Å². The molecule has 1 aromatic rings. The van der Waals surface area contributed by atoms with Crippen molar-refractivity contribution >= 4 is 11.6 Å². The van der Waals surface area contributed by atoms with Gasteiger partial charge in [0.25, 0.3) is 0 Å². The molecule has 0 unspecified atom stereocenters. The summed E-state index contributed by atoms with van der Waals surface area (Å²) >= 11 is 5.37. The average Bonchev–Trinajstić information content (AvgIpc) is 2.26. The van der Waals surface area contributed by atoms with Crippen LogP contribution in [0.1, 0.15) is 16.8 Å². The second-order valence-corrected chi connectivity index (χ2v) is 3.71. The molecule has 0 aliphatic carbocycles. The highest BCUT2D eigenvalue weighted by Gasteiger charge is 2.39. The Balaban J connectivity index is 3.46. The monoisotopic (exact) mass is 318 g/mol. The number of halogens is 7. The highest BCUT2D eigenvalue weighted by atomic mass is 35.5. The number of aromatic nitrogens is 1. The molecule has 0 saturated heterocycles. The van der Waals surface area contributed by atoms with Crippen molar-refractivity contribution in [2.75, 3.05) is 0 Å². The first-order valence-corrected chi connectivity index (χ1v) is 5.40. The Hall–Kier alpha value is -1.69. The lowest BCUT2D eigenvalue weighted by Crippen LogP contribution is -2.20. The van der Waals surface area contributed by atoms with Crippen LogP contribution in [0, 0.1) is 11.3 Å². The molecule has 0 N–H and O–H groups in total. The Morgan fingerprint density at radius 1 is 1.20 bits per heavy atom. The molecule has 0 amide bonds. The first-order chi connectivity index (χ1) is 9.10. The van der Waals surface area contributed by atoms with Gasteiger partial charge in [0.1, 0.15) is 5.69 Å². The van der Waals surface area contributed by atoms with E-state index >= 15 is 0 Å². The van der Waals surface area contributed by atoms with Gasteiger partial charge in [0.2, 0.25) is 0 Å². The van der Waals surface area contributed by atoms with E-state index in [2.05, 4.69) is 9.72 Å². The van der Waals surface area contributed by atoms with E-state index in [0.29, 0.717) is 0 Å². The Bertz CT molecular complexity index is 534. The topological polar surface area (TPSA) is 45.9 Å². The van der Waals surface area contributed by atoms with Crippen molar-refractivity contribution in [3.8, 4) is 11.8 Å². The predicted molar refractivity (Wildman–Crippen MR) is 54.8 cm³/mol. The Labute approximate surface area is 113 Å². The highest BCUT2D eigenvalue weighted by Crippen LogP contribution is 2.37. The molecule has 0 radical (unpaired) electrons. The standard InChI is InChI=1S/C10H5ClF6N2O/c11-3-6-5(1-2-18)8(9(12,13)14)19-4-7(6)20-10(15,16)17/h4H,1,3H2. The molecular formula is C10H5ClF6N2O. The van der Waals surface area contributed by atoms with Crippen LogP contribution in [0.2, 0.25) is 0 Å². The second kappa shape index (κ2) is 5.75. The average molecular weight is 319 g/mol. The van der Waals surface area contributed by atoms with Crippen LogP contribution in [0.4, 0.5) is 26.3 Å². The third-order valence-electron chi connectivity index (χ3n) is 2.14. The fraction of sp³-hybridized carbons (Fsp3) is 0.400. The number of alkyl halides is 7. The number of ether oxygens (including phenoxy) is 1. The van der Waals surface area contributed by atoms with Gasteiger partial charge in [-0.25, -0.2) is 4.98 Å². The molecule has 3 nitrogen and oxygen atoms in total. The molecule has 1 aromatic heterocycles. The molecule has 110 valence electrons. The van der Waals surface area contributed by atoms with Crippen molar-refractivity contribution in [3.05, 3.63) is 23.0 Å². The van der Waals surface area contributed by atoms with Crippen molar-refractivity contribution in [3.63, 3.8) is 0 Å². The summed E-state index contributed by atoms with van der Waals surface area (Å²) in [5.41, 5.74) is -2.74. The SMILES string of the molecule is N#CCc1c(C(F)(F)F)ncc(OC(F)(F)F)c1CCl. The second-order valence-electron chi connectivity index (χ2n) is 3.44. The van der Waals surface area contributed by atoms with Crippen molar-refractivity contribution in [2.24, 2.45) is 0 Å². The van der Waals surface area contributed by atoms with Gasteiger partial charge >= 0.3 is 12.5 Å². The van der Waals surface area contributed by atoms with Crippen molar-refractivity contribution in [1.82, 2.24) is 4.98 Å². The molecule has 0 spiro atoms. The fourth-order valence-corrected chi connectivity index (χ4v) is 1.74. The Morgan fingerprint density at radius 3 is 2.20 bits per heavy atom. The normalized spacial score (nSPS) is 12.1. The molecule has 20 heavy (non-hydrogen) atoms. The lowest BCUT2D eigenvalue weighted by Gasteiger charge is -2.17. The van der Waals surface area contributed by atoms with E-state index in [1.807, 2.05) is 0 Å². The van der Waals surface area contributed by atoms with Gasteiger partial charge in [-0.3, -0.25) is 0 Å². The summed E-state index contributed by atoms with van der Waals surface area (Å²) in [6, 6.07) is 1.43. The van der Waals surface area contributed by atoms with E-state index in [1.165, 1.54) is 6.07 Å². The Kier molecular flexibility index (Phi) is 4.70. The van der Waals surface area contributed by atoms with Gasteiger partial charge in [-0.05, 0) is 0 Å². The number of nitriles is 1. The minimum atomic E-state index is -5.11. The van der Waals surface area contributed by atoms with Crippen molar-refractivity contribution in [1.29, 1.82) is 5.26 Å². The number of pyridine rings is 1. The molecule has 0 aromatic carbocycles. The third kappa shape index (κ3) is 3.90. The van der Waals surface area contributed by atoms with E-state index in [9.17, 15) is 26.3 Å². The van der Waals surface area contributed by atoms with E-state index in [0.717, 1.165) is 0 Å². The van der Waals surface area contributed by atoms with Gasteiger partial charge in [0, 0.05) is 11.1 Å². The van der Waals surface area contributed by atoms with Crippen LogP contribution in [0.15, 0.2) is 6.20 Å². The van der Waals surface area contributed by atoms with Crippen LogP contribution in [-0.2, 0) is 18.5 Å². The van der Waals surface area contributed by atoms with E-state index in [1.54, 1.807) is 0 Å². The summed E-state index contributed by atoms with van der Waals surface area (Å²) in [5, 5.41) is 8.50. The molecule has 0 fully saturated rings. The first-order valence-electron chi connectivity index (χ1n) is 4.86. The minimum Gasteiger partial charge on any atom is -0.404 e. The van der Waals surface area contributed by atoms with Crippen LogP contribution in [0.3, 0.4) is 0 Å². The van der Waals surface area contributed by atoms with Crippen LogP contribution in [0.25, 0.3) is 0 Å². The summed E-state index contributed by atoms with van der Waals surface area (Å²) in [5.74, 6) is -1.64. The smallest absolute Gasteiger partial charge is 0.404 e. The minimum absolute atomic E-state index is 0.287. The van der Waals surface area contributed by atoms with Crippen molar-refractivity contribution < 1.29 is 31.1 Å². The molecule has 0 saturated carbocycles. The molecule has 1 heterocycles. The van der Waals surface area contributed by atoms with Crippen LogP contribution >= 0.6 is 11.6 Å². The van der Waals surface area contributed by atoms with Gasteiger partial charge in [0.05, 0.1) is 24.6 Å². The lowest BCUT2D eigenvalue weighted by molar-refractivity contribution is -0.275. The molecular weight excluding hydrogens is 314 g/mol. The molecule has 0 aliphatic rings. The predicted octanol–water partition coefficient (Wildman–Crippen LogP) is 3.80. The van der Waals surface area contributed by atoms with Gasteiger partial charge < -0.3 is 4.74 Å². The van der Waals surface area contributed by atoms with Crippen LogP contribution in [0.5, 0.6) is 5.75 Å². The number of hydrogen-bond donors (Lipinski definition) is 0. The summed E-state index contributed by atoms with van der Waals surface area (Å²) in [6.07, 6.45) is -10.5. The van der Waals surface area contributed by atoms with Crippen molar-refractivity contribution in [2.45, 2.75) is 24.8 Å². The van der Waals surface area contributed by atoms with E-state index < -0.39 is 47.4 Å². The summed E-state index contributed by atoms with van der Waals surface area (Å²) in [6.45, 7) is 0. The fourth-order valence-electron chi connectivity index (χ4n) is 1.44. The lowest BCUT2D eigenvalue weighted by atomic mass is 10.0. The zero-order valence-corrected chi connectivity index (χ0v) is 10.2. The van der Waals surface area contributed by atoms with Crippen LogP contribution in [-0.4, -0.2) is 11.3 Å².